The smallest absolute Gasteiger partial charge is 0.0603 e. The molecule has 0 bridgehead atoms. The first-order chi connectivity index (χ1) is 4.34. The van der Waals surface area contributed by atoms with Crippen molar-refractivity contribution in [2.45, 2.75) is 10.6 Å². The van der Waals surface area contributed by atoms with Crippen molar-refractivity contribution in [1.29, 1.82) is 0 Å². The lowest BCUT2D eigenvalue weighted by Gasteiger charge is -1.88. The number of thiol groups is 1. The number of hydrogen-bond acceptors (Lipinski definition) is 2. The summed E-state index contributed by atoms with van der Waals surface area (Å²) < 4.78 is 1.11. The molecule has 1 heterocycles. The summed E-state index contributed by atoms with van der Waals surface area (Å²) in [7, 11) is 0. The third-order valence-corrected chi connectivity index (χ3v) is 2.45. The maximum atomic E-state index is 4.25. The molecule has 0 nitrogen and oxygen atoms in total. The standard InChI is InChI=1S/C7H8S2/c1-2-3-6-4-5-9-7(6)8/h2,4-5,8H,1,3H2. The Hall–Kier alpha value is -0.210. The normalized spacial score (nSPS) is 9.44. The molecule has 0 aliphatic carbocycles. The molecule has 0 aliphatic rings. The van der Waals surface area contributed by atoms with Crippen LogP contribution < -0.4 is 0 Å². The minimum atomic E-state index is 0.933. The lowest BCUT2D eigenvalue weighted by Crippen LogP contribution is -1.73. The third kappa shape index (κ3) is 1.60. The Kier molecular flexibility index (Phi) is 2.37. The lowest BCUT2D eigenvalue weighted by atomic mass is 10.2. The topological polar surface area (TPSA) is 0 Å². The van der Waals surface area contributed by atoms with Gasteiger partial charge < -0.3 is 0 Å². The average molecular weight is 156 g/mol. The van der Waals surface area contributed by atoms with Crippen LogP contribution in [0.4, 0.5) is 0 Å². The minimum Gasteiger partial charge on any atom is -0.137 e. The Bertz CT molecular complexity index is 200. The zero-order chi connectivity index (χ0) is 6.69. The fourth-order valence-electron chi connectivity index (χ4n) is 0.638. The monoisotopic (exact) mass is 156 g/mol. The van der Waals surface area contributed by atoms with Crippen molar-refractivity contribution in [1.82, 2.24) is 0 Å². The zero-order valence-electron chi connectivity index (χ0n) is 5.00. The number of hydrogen-bond donors (Lipinski definition) is 1. The zero-order valence-corrected chi connectivity index (χ0v) is 6.71. The first kappa shape index (κ1) is 6.90. The highest BCUT2D eigenvalue weighted by atomic mass is 32.2. The molecule has 2 heteroatoms. The fraction of sp³-hybridized carbons (Fsp3) is 0.143. The van der Waals surface area contributed by atoms with E-state index in [-0.39, 0.29) is 0 Å². The highest BCUT2D eigenvalue weighted by Gasteiger charge is 1.94. The van der Waals surface area contributed by atoms with Gasteiger partial charge in [0, 0.05) is 0 Å². The van der Waals surface area contributed by atoms with Gasteiger partial charge in [-0.2, -0.15) is 0 Å². The van der Waals surface area contributed by atoms with Gasteiger partial charge in [0.2, 0.25) is 0 Å². The minimum absolute atomic E-state index is 0.933. The van der Waals surface area contributed by atoms with Crippen molar-refractivity contribution < 1.29 is 0 Å². The summed E-state index contributed by atoms with van der Waals surface area (Å²) in [4.78, 5) is 0. The van der Waals surface area contributed by atoms with Gasteiger partial charge in [-0.05, 0) is 23.4 Å². The first-order valence-corrected chi connectivity index (χ1v) is 4.03. The summed E-state index contributed by atoms with van der Waals surface area (Å²) in [5.41, 5.74) is 1.28. The summed E-state index contributed by atoms with van der Waals surface area (Å²) in [6.45, 7) is 3.65. The molecular weight excluding hydrogens is 148 g/mol. The van der Waals surface area contributed by atoms with Crippen LogP contribution in [0.5, 0.6) is 0 Å². The van der Waals surface area contributed by atoms with E-state index in [4.69, 9.17) is 0 Å². The predicted molar refractivity (Wildman–Crippen MR) is 45.5 cm³/mol. The number of thiophene rings is 1. The van der Waals surface area contributed by atoms with Crippen LogP contribution in [0, 0.1) is 0 Å². The molecule has 0 aliphatic heterocycles. The molecule has 0 saturated heterocycles. The highest BCUT2D eigenvalue weighted by molar-refractivity contribution is 7.82. The van der Waals surface area contributed by atoms with Crippen molar-refractivity contribution in [3.63, 3.8) is 0 Å². The molecular formula is C7H8S2. The molecule has 1 aromatic rings. The van der Waals surface area contributed by atoms with Gasteiger partial charge in [-0.25, -0.2) is 0 Å². The van der Waals surface area contributed by atoms with Crippen molar-refractivity contribution >= 4 is 24.0 Å². The van der Waals surface area contributed by atoms with E-state index in [0.717, 1.165) is 10.6 Å². The van der Waals surface area contributed by atoms with Gasteiger partial charge in [-0.3, -0.25) is 0 Å². The van der Waals surface area contributed by atoms with Crippen LogP contribution in [0.3, 0.4) is 0 Å². The lowest BCUT2D eigenvalue weighted by molar-refractivity contribution is 1.25. The summed E-state index contributed by atoms with van der Waals surface area (Å²) in [6, 6.07) is 2.08. The molecule has 48 valence electrons. The van der Waals surface area contributed by atoms with E-state index >= 15 is 0 Å². The average Bonchev–Trinajstić information content (AvgIpc) is 2.18. The van der Waals surface area contributed by atoms with E-state index in [9.17, 15) is 0 Å². The second-order valence-electron chi connectivity index (χ2n) is 1.74. The summed E-state index contributed by atoms with van der Waals surface area (Å²) in [5.74, 6) is 0. The fourth-order valence-corrected chi connectivity index (χ4v) is 1.65. The van der Waals surface area contributed by atoms with Crippen LogP contribution in [-0.2, 0) is 6.42 Å². The van der Waals surface area contributed by atoms with Gasteiger partial charge in [-0.15, -0.1) is 30.5 Å². The van der Waals surface area contributed by atoms with E-state index in [0.29, 0.717) is 0 Å². The molecule has 0 N–H and O–H groups in total. The van der Waals surface area contributed by atoms with E-state index in [2.05, 4.69) is 25.3 Å². The maximum Gasteiger partial charge on any atom is 0.0603 e. The van der Waals surface area contributed by atoms with Crippen LogP contribution in [-0.4, -0.2) is 0 Å². The Morgan fingerprint density at radius 3 is 3.00 bits per heavy atom. The van der Waals surface area contributed by atoms with Gasteiger partial charge >= 0.3 is 0 Å². The van der Waals surface area contributed by atoms with E-state index in [1.807, 2.05) is 11.5 Å². The molecule has 0 spiro atoms. The van der Waals surface area contributed by atoms with Crippen LogP contribution >= 0.6 is 24.0 Å². The van der Waals surface area contributed by atoms with Crippen molar-refractivity contribution in [3.8, 4) is 0 Å². The van der Waals surface area contributed by atoms with Gasteiger partial charge in [0.05, 0.1) is 4.21 Å². The highest BCUT2D eigenvalue weighted by Crippen LogP contribution is 2.20. The second-order valence-corrected chi connectivity index (χ2v) is 3.41. The number of rotatable bonds is 2. The van der Waals surface area contributed by atoms with E-state index < -0.39 is 0 Å². The van der Waals surface area contributed by atoms with Crippen molar-refractivity contribution in [3.05, 3.63) is 29.7 Å². The van der Waals surface area contributed by atoms with Gasteiger partial charge in [-0.1, -0.05) is 6.08 Å². The van der Waals surface area contributed by atoms with Crippen LogP contribution in [0.2, 0.25) is 0 Å². The van der Waals surface area contributed by atoms with E-state index in [1.165, 1.54) is 5.56 Å². The summed E-state index contributed by atoms with van der Waals surface area (Å²) >= 11 is 5.91. The summed E-state index contributed by atoms with van der Waals surface area (Å²) in [6.07, 6.45) is 2.82. The Morgan fingerprint density at radius 1 is 1.78 bits per heavy atom. The largest absolute Gasteiger partial charge is 0.137 e. The van der Waals surface area contributed by atoms with Crippen molar-refractivity contribution in [2.24, 2.45) is 0 Å². The molecule has 0 saturated carbocycles. The maximum absolute atomic E-state index is 4.25. The molecule has 0 atom stereocenters. The molecule has 1 aromatic heterocycles. The Morgan fingerprint density at radius 2 is 2.56 bits per heavy atom. The van der Waals surface area contributed by atoms with Crippen LogP contribution in [0.1, 0.15) is 5.56 Å². The van der Waals surface area contributed by atoms with Gasteiger partial charge in [0.15, 0.2) is 0 Å². The van der Waals surface area contributed by atoms with E-state index in [1.54, 1.807) is 11.3 Å². The summed E-state index contributed by atoms with van der Waals surface area (Å²) in [5, 5.41) is 2.04. The van der Waals surface area contributed by atoms with Gasteiger partial charge in [0.25, 0.3) is 0 Å². The second kappa shape index (κ2) is 3.08. The Balaban J connectivity index is 2.80. The SMILES string of the molecule is C=CCc1ccsc1S. The third-order valence-electron chi connectivity index (χ3n) is 1.09. The number of allylic oxidation sites excluding steroid dienone is 1. The first-order valence-electron chi connectivity index (χ1n) is 2.71. The molecule has 1 rings (SSSR count). The van der Waals surface area contributed by atoms with Crippen molar-refractivity contribution in [2.75, 3.05) is 0 Å². The molecule has 0 amide bonds. The van der Waals surface area contributed by atoms with Gasteiger partial charge in [0.1, 0.15) is 0 Å². The molecule has 9 heavy (non-hydrogen) atoms. The Labute approximate surface area is 64.6 Å². The van der Waals surface area contributed by atoms with Crippen LogP contribution in [0.25, 0.3) is 0 Å². The van der Waals surface area contributed by atoms with Crippen LogP contribution in [0.15, 0.2) is 28.3 Å². The molecule has 0 unspecified atom stereocenters. The molecule has 0 radical (unpaired) electrons. The molecule has 0 aromatic carbocycles. The quantitative estimate of drug-likeness (QED) is 0.494. The predicted octanol–water partition coefficient (Wildman–Crippen LogP) is 2.77. The molecule has 0 fully saturated rings.